The fourth-order valence-electron chi connectivity index (χ4n) is 4.07. The molecule has 210 valence electrons. The maximum absolute atomic E-state index is 12.7. The van der Waals surface area contributed by atoms with Crippen LogP contribution in [0.2, 0.25) is 0 Å². The first-order chi connectivity index (χ1) is 18.9. The summed E-state index contributed by atoms with van der Waals surface area (Å²) in [5.41, 5.74) is 8.69. The van der Waals surface area contributed by atoms with Crippen LogP contribution in [0.1, 0.15) is 37.8 Å². The van der Waals surface area contributed by atoms with Gasteiger partial charge in [-0.25, -0.2) is 9.59 Å². The molecule has 4 rings (SSSR count). The average molecular weight is 541 g/mol. The Hall–Kier alpha value is -4.13. The fraction of sp³-hybridized carbons (Fsp3) is 0.500. The average Bonchev–Trinajstić information content (AvgIpc) is 3.66. The number of benzene rings is 1. The fourth-order valence-corrected chi connectivity index (χ4v) is 4.07. The lowest BCUT2D eigenvalue weighted by Crippen LogP contribution is -2.40. The molecule has 3 amide bonds. The van der Waals surface area contributed by atoms with Crippen LogP contribution in [-0.2, 0) is 17.8 Å². The molecule has 1 aliphatic carbocycles. The Labute approximate surface area is 227 Å². The molecule has 2 heterocycles. The Morgan fingerprint density at radius 3 is 2.59 bits per heavy atom. The number of carbonyl (C=O) groups is 2. The number of amides is 3. The van der Waals surface area contributed by atoms with Crippen molar-refractivity contribution in [3.8, 4) is 12.0 Å². The highest BCUT2D eigenvalue weighted by Gasteiger charge is 2.27. The molecule has 39 heavy (non-hydrogen) atoms. The number of imidazole rings is 1. The highest BCUT2D eigenvalue weighted by molar-refractivity contribution is 5.84. The van der Waals surface area contributed by atoms with Crippen molar-refractivity contribution in [3.05, 3.63) is 35.4 Å². The second-order valence-electron chi connectivity index (χ2n) is 9.28. The van der Waals surface area contributed by atoms with E-state index in [9.17, 15) is 9.59 Å². The Bertz CT molecular complexity index is 1290. The molecule has 0 radical (unpaired) electrons. The standard InChI is InChI=1S/C26H36N8O5/c1-4-28-24(35)33(14-17-9-10-17)15-18-7-6-8-19(13-18)16-34-22-20(30-25(34)39-26(36)29-5-2)21(27)31-23(32-22)38-12-11-37-3/h6-8,13,17H,4-5,9-12,14-16H2,1-3H3,(H,28,35)(H,29,36)(H2,27,31,32). The minimum atomic E-state index is -0.649. The van der Waals surface area contributed by atoms with Gasteiger partial charge in [0.05, 0.1) is 13.2 Å². The Morgan fingerprint density at radius 2 is 1.87 bits per heavy atom. The van der Waals surface area contributed by atoms with Gasteiger partial charge >= 0.3 is 24.1 Å². The van der Waals surface area contributed by atoms with Gasteiger partial charge in [-0.1, -0.05) is 24.3 Å². The first-order valence-corrected chi connectivity index (χ1v) is 13.1. The van der Waals surface area contributed by atoms with Gasteiger partial charge in [0.25, 0.3) is 0 Å². The molecule has 0 aliphatic heterocycles. The Balaban J connectivity index is 1.64. The molecule has 1 aromatic carbocycles. The van der Waals surface area contributed by atoms with Crippen molar-refractivity contribution in [3.63, 3.8) is 0 Å². The van der Waals surface area contributed by atoms with E-state index in [1.54, 1.807) is 18.6 Å². The number of fused-ring (bicyclic) bond motifs is 1. The number of nitrogen functional groups attached to an aromatic ring is 1. The largest absolute Gasteiger partial charge is 0.461 e. The molecule has 0 bridgehead atoms. The predicted octanol–water partition coefficient (Wildman–Crippen LogP) is 2.53. The number of hydrogen-bond donors (Lipinski definition) is 3. The molecular weight excluding hydrogens is 504 g/mol. The molecule has 0 spiro atoms. The molecule has 13 nitrogen and oxygen atoms in total. The minimum absolute atomic E-state index is 0.0223. The van der Waals surface area contributed by atoms with Crippen LogP contribution in [0.4, 0.5) is 15.4 Å². The summed E-state index contributed by atoms with van der Waals surface area (Å²) in [5.74, 6) is 0.658. The van der Waals surface area contributed by atoms with Crippen LogP contribution in [-0.4, -0.2) is 76.5 Å². The van der Waals surface area contributed by atoms with E-state index in [1.165, 1.54) is 0 Å². The zero-order valence-corrected chi connectivity index (χ0v) is 22.6. The van der Waals surface area contributed by atoms with Crippen molar-refractivity contribution < 1.29 is 23.8 Å². The summed E-state index contributed by atoms with van der Waals surface area (Å²) in [6, 6.07) is 7.90. The molecule has 2 aromatic heterocycles. The van der Waals surface area contributed by atoms with E-state index < -0.39 is 6.09 Å². The number of nitrogens with zero attached hydrogens (tertiary/aromatic N) is 5. The maximum atomic E-state index is 12.7. The first kappa shape index (κ1) is 27.9. The van der Waals surface area contributed by atoms with E-state index in [1.807, 2.05) is 36.1 Å². The first-order valence-electron chi connectivity index (χ1n) is 13.1. The van der Waals surface area contributed by atoms with Gasteiger partial charge in [-0.05, 0) is 43.7 Å². The summed E-state index contributed by atoms with van der Waals surface area (Å²) in [4.78, 5) is 39.9. The van der Waals surface area contributed by atoms with Crippen LogP contribution in [0.25, 0.3) is 11.2 Å². The Morgan fingerprint density at radius 1 is 1.10 bits per heavy atom. The molecule has 3 aromatic rings. The van der Waals surface area contributed by atoms with Crippen LogP contribution >= 0.6 is 0 Å². The summed E-state index contributed by atoms with van der Waals surface area (Å²) in [7, 11) is 1.57. The van der Waals surface area contributed by atoms with Crippen molar-refractivity contribution in [1.82, 2.24) is 35.1 Å². The van der Waals surface area contributed by atoms with Gasteiger partial charge in [-0.2, -0.15) is 15.0 Å². The zero-order chi connectivity index (χ0) is 27.8. The predicted molar refractivity (Wildman–Crippen MR) is 145 cm³/mol. The molecule has 13 heteroatoms. The Kier molecular flexibility index (Phi) is 9.36. The third kappa shape index (κ3) is 7.47. The van der Waals surface area contributed by atoms with E-state index in [4.69, 9.17) is 19.9 Å². The van der Waals surface area contributed by atoms with Crippen LogP contribution in [0.15, 0.2) is 24.3 Å². The zero-order valence-electron chi connectivity index (χ0n) is 22.6. The third-order valence-corrected chi connectivity index (χ3v) is 6.09. The number of nitrogens with one attached hydrogen (secondary N) is 2. The molecule has 0 atom stereocenters. The van der Waals surface area contributed by atoms with Gasteiger partial charge < -0.3 is 35.5 Å². The van der Waals surface area contributed by atoms with Crippen molar-refractivity contribution in [2.75, 3.05) is 45.7 Å². The number of ether oxygens (including phenoxy) is 3. The lowest BCUT2D eigenvalue weighted by atomic mass is 10.1. The number of nitrogens with two attached hydrogens (primary N) is 1. The van der Waals surface area contributed by atoms with Crippen molar-refractivity contribution in [2.45, 2.75) is 39.8 Å². The van der Waals surface area contributed by atoms with Crippen LogP contribution in [0.3, 0.4) is 0 Å². The number of carbonyl (C=O) groups excluding carboxylic acids is 2. The van der Waals surface area contributed by atoms with Crippen LogP contribution < -0.4 is 25.8 Å². The summed E-state index contributed by atoms with van der Waals surface area (Å²) in [5, 5.41) is 5.51. The molecule has 1 fully saturated rings. The number of aromatic nitrogens is 4. The normalized spacial score (nSPS) is 12.8. The summed E-state index contributed by atoms with van der Waals surface area (Å²) in [6.07, 6.45) is 1.66. The third-order valence-electron chi connectivity index (χ3n) is 6.09. The summed E-state index contributed by atoms with van der Waals surface area (Å²) in [6.45, 7) is 6.75. The van der Waals surface area contributed by atoms with Crippen molar-refractivity contribution >= 4 is 29.1 Å². The summed E-state index contributed by atoms with van der Waals surface area (Å²) < 4.78 is 17.7. The van der Waals surface area contributed by atoms with Gasteiger partial charge in [0, 0.05) is 33.3 Å². The van der Waals surface area contributed by atoms with E-state index in [0.29, 0.717) is 37.8 Å². The molecule has 0 unspecified atom stereocenters. The van der Waals surface area contributed by atoms with Gasteiger partial charge in [0.2, 0.25) is 0 Å². The molecular formula is C26H36N8O5. The quantitative estimate of drug-likeness (QED) is 0.277. The number of rotatable bonds is 13. The SMILES string of the molecule is CCNC(=O)Oc1nc2c(N)nc(OCCOC)nc2n1Cc1cccc(CN(CC2CC2)C(=O)NCC)c1. The molecule has 0 saturated heterocycles. The van der Waals surface area contributed by atoms with Gasteiger partial charge in [-0.3, -0.25) is 4.57 Å². The molecule has 1 aliphatic rings. The second kappa shape index (κ2) is 13.1. The number of methoxy groups -OCH3 is 1. The van der Waals surface area contributed by atoms with E-state index in [-0.39, 0.29) is 42.5 Å². The highest BCUT2D eigenvalue weighted by Crippen LogP contribution is 2.30. The molecule has 4 N–H and O–H groups in total. The van der Waals surface area contributed by atoms with E-state index in [0.717, 1.165) is 30.5 Å². The number of hydrogen-bond acceptors (Lipinski definition) is 9. The summed E-state index contributed by atoms with van der Waals surface area (Å²) >= 11 is 0. The minimum Gasteiger partial charge on any atom is -0.461 e. The van der Waals surface area contributed by atoms with Crippen LogP contribution in [0, 0.1) is 5.92 Å². The number of anilines is 1. The van der Waals surface area contributed by atoms with Gasteiger partial charge in [0.15, 0.2) is 17.0 Å². The molecule has 1 saturated carbocycles. The van der Waals surface area contributed by atoms with Crippen molar-refractivity contribution in [2.24, 2.45) is 5.92 Å². The second-order valence-corrected chi connectivity index (χ2v) is 9.28. The smallest absolute Gasteiger partial charge is 0.415 e. The number of urea groups is 1. The maximum Gasteiger partial charge on any atom is 0.415 e. The van der Waals surface area contributed by atoms with E-state index >= 15 is 0 Å². The van der Waals surface area contributed by atoms with Gasteiger partial charge in [0.1, 0.15) is 6.61 Å². The van der Waals surface area contributed by atoms with Crippen molar-refractivity contribution in [1.29, 1.82) is 0 Å². The highest BCUT2D eigenvalue weighted by atomic mass is 16.6. The lowest BCUT2D eigenvalue weighted by molar-refractivity contribution is 0.141. The van der Waals surface area contributed by atoms with E-state index in [2.05, 4.69) is 25.6 Å². The topological polar surface area (TPSA) is 159 Å². The van der Waals surface area contributed by atoms with Crippen LogP contribution in [0.5, 0.6) is 12.0 Å². The monoisotopic (exact) mass is 540 g/mol. The van der Waals surface area contributed by atoms with Gasteiger partial charge in [-0.15, -0.1) is 0 Å². The lowest BCUT2D eigenvalue weighted by Gasteiger charge is -2.23.